The number of benzene rings is 2. The number of hydrogen-bond acceptors (Lipinski definition) is 5. The first-order chi connectivity index (χ1) is 13.1. The Balaban J connectivity index is 1.93. The summed E-state index contributed by atoms with van der Waals surface area (Å²) in [4.78, 5) is 23.8. The van der Waals surface area contributed by atoms with Gasteiger partial charge in [-0.15, -0.1) is 0 Å². The molecule has 7 nitrogen and oxygen atoms in total. The Labute approximate surface area is 161 Å². The third-order valence-electron chi connectivity index (χ3n) is 3.66. The molecular formula is C18H18F2N2O5S. The third-order valence-corrected chi connectivity index (χ3v) is 5.48. The van der Waals surface area contributed by atoms with Crippen molar-refractivity contribution in [1.82, 2.24) is 4.31 Å². The largest absolute Gasteiger partial charge is 0.452 e. The van der Waals surface area contributed by atoms with Gasteiger partial charge in [-0.05, 0) is 55.5 Å². The maximum atomic E-state index is 12.9. The number of nitrogens with zero attached hydrogens (tertiary/aromatic N) is 1. The van der Waals surface area contributed by atoms with Gasteiger partial charge in [-0.25, -0.2) is 17.2 Å². The number of halogens is 2. The molecule has 150 valence electrons. The molecule has 28 heavy (non-hydrogen) atoms. The average Bonchev–Trinajstić information content (AvgIpc) is 2.63. The van der Waals surface area contributed by atoms with Crippen LogP contribution in [0.3, 0.4) is 0 Å². The number of nitrogens with one attached hydrogen (secondary N) is 1. The van der Waals surface area contributed by atoms with Crippen molar-refractivity contribution in [2.24, 2.45) is 0 Å². The van der Waals surface area contributed by atoms with Crippen molar-refractivity contribution >= 4 is 27.6 Å². The van der Waals surface area contributed by atoms with Crippen LogP contribution in [0.15, 0.2) is 53.4 Å². The van der Waals surface area contributed by atoms with Crippen molar-refractivity contribution in [3.05, 3.63) is 60.2 Å². The summed E-state index contributed by atoms with van der Waals surface area (Å²) in [6, 6.07) is 9.11. The predicted octanol–water partition coefficient (Wildman–Crippen LogP) is 2.16. The van der Waals surface area contributed by atoms with Crippen LogP contribution < -0.4 is 5.32 Å². The molecule has 0 aliphatic heterocycles. The lowest BCUT2D eigenvalue weighted by molar-refractivity contribution is -0.153. The van der Waals surface area contributed by atoms with Gasteiger partial charge in [0.2, 0.25) is 10.0 Å². The van der Waals surface area contributed by atoms with E-state index in [0.29, 0.717) is 5.69 Å². The second kappa shape index (κ2) is 8.89. The maximum Gasteiger partial charge on any atom is 0.322 e. The van der Waals surface area contributed by atoms with Gasteiger partial charge in [0.25, 0.3) is 5.91 Å². The monoisotopic (exact) mass is 412 g/mol. The van der Waals surface area contributed by atoms with Gasteiger partial charge in [-0.1, -0.05) is 0 Å². The zero-order chi connectivity index (χ0) is 20.9. The number of likely N-dealkylation sites (N-methyl/N-ethyl adjacent to an activating group) is 1. The second-order valence-corrected chi connectivity index (χ2v) is 7.89. The fraction of sp³-hybridized carbons (Fsp3) is 0.222. The molecule has 0 spiro atoms. The molecule has 0 aliphatic carbocycles. The molecule has 1 atom stereocenters. The lowest BCUT2D eigenvalue weighted by Crippen LogP contribution is -2.37. The molecule has 10 heteroatoms. The van der Waals surface area contributed by atoms with E-state index in [4.69, 9.17) is 4.74 Å². The van der Waals surface area contributed by atoms with Gasteiger partial charge in [0, 0.05) is 12.7 Å². The summed E-state index contributed by atoms with van der Waals surface area (Å²) >= 11 is 0. The Hall–Kier alpha value is -2.85. The fourth-order valence-electron chi connectivity index (χ4n) is 2.12. The van der Waals surface area contributed by atoms with E-state index in [2.05, 4.69) is 5.32 Å². The van der Waals surface area contributed by atoms with Gasteiger partial charge < -0.3 is 10.1 Å². The number of hydrogen-bond donors (Lipinski definition) is 1. The number of carbonyl (C=O) groups is 2. The van der Waals surface area contributed by atoms with Gasteiger partial charge in [0.1, 0.15) is 18.2 Å². The van der Waals surface area contributed by atoms with E-state index in [9.17, 15) is 26.8 Å². The molecule has 1 N–H and O–H groups in total. The van der Waals surface area contributed by atoms with Crippen LogP contribution in [0.2, 0.25) is 0 Å². The van der Waals surface area contributed by atoms with Crippen molar-refractivity contribution < 1.29 is 31.5 Å². The van der Waals surface area contributed by atoms with E-state index in [1.54, 1.807) is 0 Å². The first-order valence-electron chi connectivity index (χ1n) is 8.07. The number of ether oxygens (including phenoxy) is 1. The number of esters is 1. The van der Waals surface area contributed by atoms with E-state index in [1.165, 1.54) is 19.1 Å². The van der Waals surface area contributed by atoms with E-state index < -0.39 is 46.2 Å². The first kappa shape index (κ1) is 21.5. The summed E-state index contributed by atoms with van der Waals surface area (Å²) in [5, 5.41) is 2.44. The molecule has 2 aromatic carbocycles. The van der Waals surface area contributed by atoms with Crippen LogP contribution in [0.1, 0.15) is 6.92 Å². The zero-order valence-electron chi connectivity index (χ0n) is 15.1. The maximum absolute atomic E-state index is 12.9. The van der Waals surface area contributed by atoms with Crippen LogP contribution in [0, 0.1) is 11.6 Å². The van der Waals surface area contributed by atoms with E-state index in [1.807, 2.05) is 0 Å². The third kappa shape index (κ3) is 5.57. The minimum atomic E-state index is -4.03. The zero-order valence-corrected chi connectivity index (χ0v) is 15.9. The van der Waals surface area contributed by atoms with Crippen LogP contribution in [0.25, 0.3) is 0 Å². The molecule has 2 aromatic rings. The van der Waals surface area contributed by atoms with E-state index in [-0.39, 0.29) is 4.90 Å². The molecule has 2 rings (SSSR count). The molecule has 0 fully saturated rings. The number of anilines is 1. The van der Waals surface area contributed by atoms with Crippen molar-refractivity contribution in [1.29, 1.82) is 0 Å². The summed E-state index contributed by atoms with van der Waals surface area (Å²) < 4.78 is 56.2. The molecule has 0 heterocycles. The highest BCUT2D eigenvalue weighted by Crippen LogP contribution is 2.15. The minimum absolute atomic E-state index is 0.189. The van der Waals surface area contributed by atoms with Crippen LogP contribution in [-0.2, 0) is 24.3 Å². The van der Waals surface area contributed by atoms with Crippen molar-refractivity contribution in [2.75, 3.05) is 18.9 Å². The Morgan fingerprint density at radius 2 is 1.54 bits per heavy atom. The normalized spacial score (nSPS) is 12.5. The smallest absolute Gasteiger partial charge is 0.322 e. The molecule has 0 aliphatic rings. The number of sulfonamides is 1. The molecule has 0 aromatic heterocycles. The van der Waals surface area contributed by atoms with E-state index >= 15 is 0 Å². The average molecular weight is 412 g/mol. The standard InChI is InChI=1S/C18H18F2N2O5S/c1-12(18(24)21-15-7-3-13(19)4-8-15)27-17(23)11-22(2)28(25,26)16-9-5-14(20)6-10-16/h3-10,12H,11H2,1-2H3,(H,21,24)/t12-/m1/s1. The van der Waals surface area contributed by atoms with Crippen molar-refractivity contribution in [2.45, 2.75) is 17.9 Å². The lowest BCUT2D eigenvalue weighted by Gasteiger charge is -2.18. The van der Waals surface area contributed by atoms with Crippen LogP contribution in [-0.4, -0.2) is 44.3 Å². The van der Waals surface area contributed by atoms with Gasteiger partial charge in [0.05, 0.1) is 4.90 Å². The quantitative estimate of drug-likeness (QED) is 0.704. The summed E-state index contributed by atoms with van der Waals surface area (Å²) in [6.07, 6.45) is -1.21. The Morgan fingerprint density at radius 3 is 2.07 bits per heavy atom. The highest BCUT2D eigenvalue weighted by Gasteiger charge is 2.25. The highest BCUT2D eigenvalue weighted by molar-refractivity contribution is 7.89. The number of rotatable bonds is 7. The predicted molar refractivity (Wildman–Crippen MR) is 96.8 cm³/mol. The van der Waals surface area contributed by atoms with Gasteiger partial charge >= 0.3 is 5.97 Å². The van der Waals surface area contributed by atoms with Crippen molar-refractivity contribution in [3.63, 3.8) is 0 Å². The summed E-state index contributed by atoms with van der Waals surface area (Å²) in [5.74, 6) is -2.68. The van der Waals surface area contributed by atoms with E-state index in [0.717, 1.165) is 47.8 Å². The number of carbonyl (C=O) groups excluding carboxylic acids is 2. The topological polar surface area (TPSA) is 92.8 Å². The molecule has 0 unspecified atom stereocenters. The molecule has 0 radical (unpaired) electrons. The van der Waals surface area contributed by atoms with Gasteiger partial charge in [-0.2, -0.15) is 4.31 Å². The summed E-state index contributed by atoms with van der Waals surface area (Å²) in [5.41, 5.74) is 0.310. The molecule has 0 saturated carbocycles. The molecule has 0 bridgehead atoms. The Morgan fingerprint density at radius 1 is 1.04 bits per heavy atom. The molecule has 0 saturated heterocycles. The minimum Gasteiger partial charge on any atom is -0.452 e. The van der Waals surface area contributed by atoms with Gasteiger partial charge in [0.15, 0.2) is 6.10 Å². The van der Waals surface area contributed by atoms with Gasteiger partial charge in [-0.3, -0.25) is 9.59 Å². The fourth-order valence-corrected chi connectivity index (χ4v) is 3.23. The first-order valence-corrected chi connectivity index (χ1v) is 9.51. The SMILES string of the molecule is C[C@@H](OC(=O)CN(C)S(=O)(=O)c1ccc(F)cc1)C(=O)Nc1ccc(F)cc1. The van der Waals surface area contributed by atoms with Crippen molar-refractivity contribution in [3.8, 4) is 0 Å². The van der Waals surface area contributed by atoms with Crippen LogP contribution in [0.4, 0.5) is 14.5 Å². The molecule has 1 amide bonds. The lowest BCUT2D eigenvalue weighted by atomic mass is 10.3. The summed E-state index contributed by atoms with van der Waals surface area (Å²) in [6.45, 7) is 0.666. The second-order valence-electron chi connectivity index (χ2n) is 5.84. The van der Waals surface area contributed by atoms with Crippen LogP contribution in [0.5, 0.6) is 0 Å². The summed E-state index contributed by atoms with van der Waals surface area (Å²) in [7, 11) is -2.87. The Bertz CT molecular complexity index is 947. The van der Waals surface area contributed by atoms with Crippen LogP contribution >= 0.6 is 0 Å². The number of amides is 1. The molecular weight excluding hydrogens is 394 g/mol. The Kier molecular flexibility index (Phi) is 6.81. The highest BCUT2D eigenvalue weighted by atomic mass is 32.2.